The summed E-state index contributed by atoms with van der Waals surface area (Å²) in [5, 5.41) is 0. The van der Waals surface area contributed by atoms with Crippen LogP contribution in [0.4, 0.5) is 0 Å². The van der Waals surface area contributed by atoms with Crippen molar-refractivity contribution in [1.29, 1.82) is 0 Å². The van der Waals surface area contributed by atoms with Crippen LogP contribution in [0.5, 0.6) is 0 Å². The monoisotopic (exact) mass is 269 g/mol. The molecule has 0 atom stereocenters. The maximum Gasteiger partial charge on any atom is 0.0588 e. The van der Waals surface area contributed by atoms with E-state index in [2.05, 4.69) is 0 Å². The van der Waals surface area contributed by atoms with Gasteiger partial charge in [-0.15, -0.1) is 0 Å². The van der Waals surface area contributed by atoms with E-state index in [0.717, 1.165) is 19.1 Å². The van der Waals surface area contributed by atoms with Crippen LogP contribution in [0.3, 0.4) is 0 Å². The van der Waals surface area contributed by atoms with Gasteiger partial charge in [-0.2, -0.15) is 0 Å². The number of rotatable bonds is 4. The van der Waals surface area contributed by atoms with Crippen molar-refractivity contribution in [2.24, 2.45) is 11.7 Å². The molecule has 2 fully saturated rings. The molecule has 0 bridgehead atoms. The zero-order valence-electron chi connectivity index (χ0n) is 10.4. The molecule has 0 amide bonds. The second kappa shape index (κ2) is 11.9. The van der Waals surface area contributed by atoms with Crippen molar-refractivity contribution < 1.29 is 21.8 Å². The first-order valence-corrected chi connectivity index (χ1v) is 6.71. The van der Waals surface area contributed by atoms with Crippen LogP contribution in [0.1, 0.15) is 57.8 Å². The Hall–Kier alpha value is 0.439. The van der Waals surface area contributed by atoms with Crippen LogP contribution in [-0.4, -0.2) is 19.8 Å². The number of hydrogen-bond donors (Lipinski definition) is 1. The molecule has 98 valence electrons. The molecule has 0 unspecified atom stereocenters. The van der Waals surface area contributed by atoms with Crippen LogP contribution in [0, 0.1) is 5.92 Å². The molecule has 0 aromatic heterocycles. The molecule has 2 aliphatic rings. The minimum absolute atomic E-state index is 0. The molecule has 2 N–H and O–H groups in total. The first kappa shape index (κ1) is 16.4. The Bertz CT molecular complexity index is 126. The van der Waals surface area contributed by atoms with E-state index in [-0.39, 0.29) is 17.1 Å². The zero-order chi connectivity index (χ0) is 10.8. The van der Waals surface area contributed by atoms with Crippen molar-refractivity contribution in [2.45, 2.75) is 57.8 Å². The molecule has 0 radical (unpaired) electrons. The maximum atomic E-state index is 5.34. The zero-order valence-corrected chi connectivity index (χ0v) is 11.5. The molecule has 0 saturated heterocycles. The van der Waals surface area contributed by atoms with Crippen LogP contribution < -0.4 is 5.73 Å². The molecule has 0 aromatic rings. The third kappa shape index (κ3) is 8.58. The van der Waals surface area contributed by atoms with Crippen molar-refractivity contribution in [3.05, 3.63) is 0 Å². The van der Waals surface area contributed by atoms with E-state index in [9.17, 15) is 0 Å². The average Bonchev–Trinajstić information content (AvgIpc) is 2.94. The van der Waals surface area contributed by atoms with Gasteiger partial charge in [0.05, 0.1) is 6.61 Å². The van der Waals surface area contributed by atoms with Crippen LogP contribution in [0.25, 0.3) is 0 Å². The molecule has 0 aromatic carbocycles. The molecule has 0 spiro atoms. The van der Waals surface area contributed by atoms with Gasteiger partial charge in [0.1, 0.15) is 0 Å². The Labute approximate surface area is 111 Å². The third-order valence-corrected chi connectivity index (χ3v) is 3.34. The Kier molecular flexibility index (Phi) is 12.2. The standard InChI is InChI=1S/C8H17NO.C5H10.Fe/c9-5-6-10-7-8-3-1-2-4-8;1-2-4-5-3-1;/h8H,1-7,9H2;1-5H2;. The fraction of sp³-hybridized carbons (Fsp3) is 1.00. The van der Waals surface area contributed by atoms with Crippen LogP contribution in [-0.2, 0) is 21.8 Å². The predicted molar refractivity (Wildman–Crippen MR) is 64.9 cm³/mol. The second-order valence-corrected chi connectivity index (χ2v) is 4.78. The molecular formula is C13H27FeNO. The van der Waals surface area contributed by atoms with E-state index in [1.165, 1.54) is 57.8 Å². The topological polar surface area (TPSA) is 35.2 Å². The molecular weight excluding hydrogens is 242 g/mol. The molecule has 2 nitrogen and oxygen atoms in total. The van der Waals surface area contributed by atoms with Gasteiger partial charge in [0.2, 0.25) is 0 Å². The van der Waals surface area contributed by atoms with E-state index in [1.807, 2.05) is 0 Å². The smallest absolute Gasteiger partial charge is 0.0588 e. The Morgan fingerprint density at radius 3 is 1.81 bits per heavy atom. The van der Waals surface area contributed by atoms with Crippen LogP contribution in [0.15, 0.2) is 0 Å². The van der Waals surface area contributed by atoms with Gasteiger partial charge in [0, 0.05) is 30.2 Å². The van der Waals surface area contributed by atoms with Crippen molar-refractivity contribution in [1.82, 2.24) is 0 Å². The van der Waals surface area contributed by atoms with Crippen molar-refractivity contribution in [3.8, 4) is 0 Å². The van der Waals surface area contributed by atoms with E-state index in [4.69, 9.17) is 10.5 Å². The average molecular weight is 269 g/mol. The van der Waals surface area contributed by atoms with Crippen molar-refractivity contribution in [2.75, 3.05) is 19.8 Å². The summed E-state index contributed by atoms with van der Waals surface area (Å²) in [6.45, 7) is 2.33. The molecule has 2 rings (SSSR count). The normalized spacial score (nSPS) is 20.1. The molecule has 3 heteroatoms. The van der Waals surface area contributed by atoms with Crippen molar-refractivity contribution in [3.63, 3.8) is 0 Å². The van der Waals surface area contributed by atoms with Gasteiger partial charge in [-0.25, -0.2) is 0 Å². The fourth-order valence-electron chi connectivity index (χ4n) is 2.39. The van der Waals surface area contributed by atoms with E-state index >= 15 is 0 Å². The second-order valence-electron chi connectivity index (χ2n) is 4.78. The molecule has 16 heavy (non-hydrogen) atoms. The van der Waals surface area contributed by atoms with Crippen LogP contribution in [0.2, 0.25) is 0 Å². The molecule has 0 heterocycles. The van der Waals surface area contributed by atoms with Crippen molar-refractivity contribution >= 4 is 0 Å². The predicted octanol–water partition coefficient (Wildman–Crippen LogP) is 3.10. The number of nitrogens with two attached hydrogens (primary N) is 1. The summed E-state index contributed by atoms with van der Waals surface area (Å²) in [6.07, 6.45) is 13.0. The molecule has 0 aliphatic heterocycles. The van der Waals surface area contributed by atoms with Gasteiger partial charge < -0.3 is 10.5 Å². The van der Waals surface area contributed by atoms with Gasteiger partial charge >= 0.3 is 0 Å². The fourth-order valence-corrected chi connectivity index (χ4v) is 2.39. The Balaban J connectivity index is 0.000000318. The maximum absolute atomic E-state index is 5.34. The minimum atomic E-state index is 0. The SMILES string of the molecule is C1CCCC1.NCCOCC1CCCC1.[Fe]. The summed E-state index contributed by atoms with van der Waals surface area (Å²) in [7, 11) is 0. The summed E-state index contributed by atoms with van der Waals surface area (Å²) >= 11 is 0. The first-order valence-electron chi connectivity index (χ1n) is 6.71. The van der Waals surface area contributed by atoms with E-state index < -0.39 is 0 Å². The molecule has 2 saturated carbocycles. The van der Waals surface area contributed by atoms with Crippen LogP contribution >= 0.6 is 0 Å². The molecule has 2 aliphatic carbocycles. The summed E-state index contributed by atoms with van der Waals surface area (Å²) in [5.74, 6) is 0.839. The Morgan fingerprint density at radius 1 is 0.875 bits per heavy atom. The summed E-state index contributed by atoms with van der Waals surface area (Å²) in [6, 6.07) is 0. The minimum Gasteiger partial charge on any atom is -0.380 e. The van der Waals surface area contributed by atoms with Gasteiger partial charge in [-0.05, 0) is 18.8 Å². The number of hydrogen-bond acceptors (Lipinski definition) is 2. The summed E-state index contributed by atoms with van der Waals surface area (Å²) < 4.78 is 5.34. The first-order chi connectivity index (χ1) is 7.43. The Morgan fingerprint density at radius 2 is 1.38 bits per heavy atom. The van der Waals surface area contributed by atoms with E-state index in [0.29, 0.717) is 6.54 Å². The van der Waals surface area contributed by atoms with Gasteiger partial charge in [-0.3, -0.25) is 0 Å². The van der Waals surface area contributed by atoms with Gasteiger partial charge in [0.25, 0.3) is 0 Å². The van der Waals surface area contributed by atoms with Gasteiger partial charge in [-0.1, -0.05) is 44.9 Å². The van der Waals surface area contributed by atoms with E-state index in [1.54, 1.807) is 0 Å². The number of ether oxygens (including phenoxy) is 1. The summed E-state index contributed by atoms with van der Waals surface area (Å²) in [5.41, 5.74) is 5.29. The summed E-state index contributed by atoms with van der Waals surface area (Å²) in [4.78, 5) is 0. The quantitative estimate of drug-likeness (QED) is 0.628. The largest absolute Gasteiger partial charge is 0.380 e. The third-order valence-electron chi connectivity index (χ3n) is 3.34. The van der Waals surface area contributed by atoms with Gasteiger partial charge in [0.15, 0.2) is 0 Å².